The average Bonchev–Trinajstić information content (AvgIpc) is 2.93. The zero-order valence-electron chi connectivity index (χ0n) is 13.5. The first-order valence-electron chi connectivity index (χ1n) is 7.59. The zero-order valence-corrected chi connectivity index (χ0v) is 13.5. The Kier molecular flexibility index (Phi) is 4.24. The van der Waals surface area contributed by atoms with Crippen molar-refractivity contribution in [2.24, 2.45) is 0 Å². The number of nitrogens with zero attached hydrogens (tertiary/aromatic N) is 2. The number of benzene rings is 2. The van der Waals surface area contributed by atoms with Gasteiger partial charge in [-0.3, -0.25) is 10.1 Å². The van der Waals surface area contributed by atoms with Crippen molar-refractivity contribution in [2.45, 2.75) is 13.8 Å². The molecule has 1 heterocycles. The number of nitrogens with one attached hydrogen (secondary N) is 1. The molecule has 3 aromatic rings. The maximum Gasteiger partial charge on any atom is 0.269 e. The Labute approximate surface area is 139 Å². The molecule has 0 fully saturated rings. The summed E-state index contributed by atoms with van der Waals surface area (Å²) >= 11 is 0. The van der Waals surface area contributed by atoms with Crippen LogP contribution in [0, 0.1) is 24.0 Å². The molecule has 5 nitrogen and oxygen atoms in total. The van der Waals surface area contributed by atoms with Gasteiger partial charge in [0, 0.05) is 23.4 Å². The van der Waals surface area contributed by atoms with Crippen LogP contribution in [0.2, 0.25) is 0 Å². The van der Waals surface area contributed by atoms with Crippen molar-refractivity contribution in [3.8, 4) is 11.4 Å². The first kappa shape index (κ1) is 15.7. The second-order valence-corrected chi connectivity index (χ2v) is 5.60. The van der Waals surface area contributed by atoms with Crippen LogP contribution in [-0.4, -0.2) is 14.9 Å². The quantitative estimate of drug-likeness (QED) is 0.427. The second-order valence-electron chi connectivity index (χ2n) is 5.60. The number of hydrogen-bond donors (Lipinski definition) is 1. The molecule has 1 aromatic heterocycles. The lowest BCUT2D eigenvalue weighted by molar-refractivity contribution is -0.384. The average molecular weight is 319 g/mol. The number of H-pyrrole nitrogens is 1. The van der Waals surface area contributed by atoms with E-state index in [-0.39, 0.29) is 5.69 Å². The number of aryl methyl sites for hydroxylation is 2. The molecule has 3 rings (SSSR count). The summed E-state index contributed by atoms with van der Waals surface area (Å²) in [6.45, 7) is 3.99. The van der Waals surface area contributed by atoms with Gasteiger partial charge in [0.25, 0.3) is 5.69 Å². The second kappa shape index (κ2) is 6.50. The molecule has 5 heteroatoms. The fraction of sp³-hybridized carbons (Fsp3) is 0.105. The fourth-order valence-electron chi connectivity index (χ4n) is 2.34. The molecule has 1 N–H and O–H groups in total. The zero-order chi connectivity index (χ0) is 17.1. The third-order valence-corrected chi connectivity index (χ3v) is 3.88. The summed E-state index contributed by atoms with van der Waals surface area (Å²) in [5, 5.41) is 10.6. The lowest BCUT2D eigenvalue weighted by Crippen LogP contribution is -1.86. The van der Waals surface area contributed by atoms with Crippen molar-refractivity contribution in [3.63, 3.8) is 0 Å². The summed E-state index contributed by atoms with van der Waals surface area (Å²) in [5.41, 5.74) is 5.19. The van der Waals surface area contributed by atoms with Gasteiger partial charge in [0.05, 0.1) is 10.6 Å². The molecule has 0 atom stereocenters. The molecule has 0 aliphatic rings. The van der Waals surface area contributed by atoms with Gasteiger partial charge < -0.3 is 4.98 Å². The van der Waals surface area contributed by atoms with Crippen molar-refractivity contribution < 1.29 is 4.92 Å². The fourth-order valence-corrected chi connectivity index (χ4v) is 2.34. The van der Waals surface area contributed by atoms with Crippen molar-refractivity contribution in [2.75, 3.05) is 0 Å². The number of imidazole rings is 1. The number of nitro benzene ring substituents is 1. The number of nitro groups is 1. The van der Waals surface area contributed by atoms with Crippen LogP contribution < -0.4 is 0 Å². The van der Waals surface area contributed by atoms with Crippen LogP contribution in [0.5, 0.6) is 0 Å². The monoisotopic (exact) mass is 319 g/mol. The summed E-state index contributed by atoms with van der Waals surface area (Å²) in [4.78, 5) is 18.0. The minimum atomic E-state index is -0.399. The lowest BCUT2D eigenvalue weighted by Gasteiger charge is -1.99. The van der Waals surface area contributed by atoms with Crippen molar-refractivity contribution >= 4 is 17.8 Å². The van der Waals surface area contributed by atoms with Gasteiger partial charge in [-0.05, 0) is 37.1 Å². The topological polar surface area (TPSA) is 71.8 Å². The van der Waals surface area contributed by atoms with E-state index in [2.05, 4.69) is 9.97 Å². The van der Waals surface area contributed by atoms with Crippen LogP contribution >= 0.6 is 0 Å². The van der Waals surface area contributed by atoms with E-state index in [4.69, 9.17) is 0 Å². The van der Waals surface area contributed by atoms with Gasteiger partial charge in [-0.25, -0.2) is 4.98 Å². The van der Waals surface area contributed by atoms with Crippen LogP contribution in [0.4, 0.5) is 5.69 Å². The number of hydrogen-bond acceptors (Lipinski definition) is 3. The Balaban J connectivity index is 1.74. The van der Waals surface area contributed by atoms with E-state index in [1.165, 1.54) is 12.1 Å². The SMILES string of the molecule is Cc1nc(-c2ccc(/C=C/c3ccc([N+](=O)[O-])cc3)cc2)[nH]c1C. The van der Waals surface area contributed by atoms with Crippen molar-refractivity contribution in [1.82, 2.24) is 9.97 Å². The highest BCUT2D eigenvalue weighted by molar-refractivity contribution is 5.71. The molecule has 0 unspecified atom stereocenters. The van der Waals surface area contributed by atoms with E-state index in [9.17, 15) is 10.1 Å². The van der Waals surface area contributed by atoms with Gasteiger partial charge in [0.15, 0.2) is 0 Å². The molecular weight excluding hydrogens is 302 g/mol. The molecule has 0 saturated carbocycles. The molecule has 0 amide bonds. The van der Waals surface area contributed by atoms with Gasteiger partial charge in [0.1, 0.15) is 5.82 Å². The molecule has 0 aliphatic heterocycles. The largest absolute Gasteiger partial charge is 0.342 e. The Morgan fingerprint density at radius 3 is 1.96 bits per heavy atom. The molecule has 0 aliphatic carbocycles. The van der Waals surface area contributed by atoms with E-state index in [1.54, 1.807) is 12.1 Å². The number of rotatable bonds is 4. The minimum absolute atomic E-state index is 0.0977. The van der Waals surface area contributed by atoms with Crippen molar-refractivity contribution in [3.05, 3.63) is 81.2 Å². The summed E-state index contributed by atoms with van der Waals surface area (Å²) in [5.74, 6) is 0.871. The Bertz CT molecular complexity index is 872. The highest BCUT2D eigenvalue weighted by Gasteiger charge is 2.05. The molecule has 2 aromatic carbocycles. The van der Waals surface area contributed by atoms with Gasteiger partial charge >= 0.3 is 0 Å². The first-order chi connectivity index (χ1) is 11.5. The van der Waals surface area contributed by atoms with E-state index < -0.39 is 4.92 Å². The maximum absolute atomic E-state index is 10.6. The Morgan fingerprint density at radius 1 is 0.958 bits per heavy atom. The molecule has 0 radical (unpaired) electrons. The first-order valence-corrected chi connectivity index (χ1v) is 7.59. The molecule has 24 heavy (non-hydrogen) atoms. The summed E-state index contributed by atoms with van der Waals surface area (Å²) < 4.78 is 0. The Hall–Kier alpha value is -3.21. The molecule has 0 saturated heterocycles. The standard InChI is InChI=1S/C19H17N3O2/c1-13-14(2)21-19(20-13)17-9-5-15(6-10-17)3-4-16-7-11-18(12-8-16)22(23)24/h3-12H,1-2H3,(H,20,21)/b4-3+. The van der Waals surface area contributed by atoms with E-state index in [1.807, 2.05) is 50.3 Å². The van der Waals surface area contributed by atoms with Crippen LogP contribution in [0.1, 0.15) is 22.5 Å². The van der Waals surface area contributed by atoms with E-state index in [0.29, 0.717) is 0 Å². The maximum atomic E-state index is 10.6. The predicted molar refractivity (Wildman–Crippen MR) is 95.5 cm³/mol. The minimum Gasteiger partial charge on any atom is -0.342 e. The smallest absolute Gasteiger partial charge is 0.269 e. The highest BCUT2D eigenvalue weighted by atomic mass is 16.6. The van der Waals surface area contributed by atoms with E-state index >= 15 is 0 Å². The third-order valence-electron chi connectivity index (χ3n) is 3.88. The van der Waals surface area contributed by atoms with Crippen molar-refractivity contribution in [1.29, 1.82) is 0 Å². The van der Waals surface area contributed by atoms with Crippen LogP contribution in [-0.2, 0) is 0 Å². The van der Waals surface area contributed by atoms with Gasteiger partial charge in [-0.2, -0.15) is 0 Å². The summed E-state index contributed by atoms with van der Waals surface area (Å²) in [6.07, 6.45) is 3.91. The van der Waals surface area contributed by atoms with Crippen LogP contribution in [0.15, 0.2) is 48.5 Å². The van der Waals surface area contributed by atoms with Crippen LogP contribution in [0.3, 0.4) is 0 Å². The predicted octanol–water partition coefficient (Wildman–Crippen LogP) is 4.77. The number of aromatic nitrogens is 2. The van der Waals surface area contributed by atoms with E-state index in [0.717, 1.165) is 33.9 Å². The number of non-ortho nitro benzene ring substituents is 1. The molecule has 120 valence electrons. The Morgan fingerprint density at radius 2 is 1.50 bits per heavy atom. The summed E-state index contributed by atoms with van der Waals surface area (Å²) in [6, 6.07) is 14.6. The van der Waals surface area contributed by atoms with Gasteiger partial charge in [0.2, 0.25) is 0 Å². The van der Waals surface area contributed by atoms with Crippen LogP contribution in [0.25, 0.3) is 23.5 Å². The summed E-state index contributed by atoms with van der Waals surface area (Å²) in [7, 11) is 0. The lowest BCUT2D eigenvalue weighted by atomic mass is 10.1. The third kappa shape index (κ3) is 3.41. The van der Waals surface area contributed by atoms with Gasteiger partial charge in [-0.15, -0.1) is 0 Å². The highest BCUT2D eigenvalue weighted by Crippen LogP contribution is 2.19. The molecule has 0 spiro atoms. The molecule has 0 bridgehead atoms. The number of aromatic amines is 1. The van der Waals surface area contributed by atoms with Gasteiger partial charge in [-0.1, -0.05) is 36.4 Å². The normalized spacial score (nSPS) is 11.1. The molecular formula is C19H17N3O2.